The first-order valence-corrected chi connectivity index (χ1v) is 5.75. The molecule has 1 aromatic heterocycles. The third kappa shape index (κ3) is 2.57. The van der Waals surface area contributed by atoms with Crippen LogP contribution < -0.4 is 11.1 Å². The van der Waals surface area contributed by atoms with Gasteiger partial charge in [-0.1, -0.05) is 12.1 Å². The van der Waals surface area contributed by atoms with Crippen LogP contribution in [-0.4, -0.2) is 16.1 Å². The molecule has 0 spiro atoms. The zero-order chi connectivity index (χ0) is 13.1. The fraction of sp³-hybridized carbons (Fsp3) is 0.231. The predicted molar refractivity (Wildman–Crippen MR) is 70.3 cm³/mol. The lowest BCUT2D eigenvalue weighted by Crippen LogP contribution is -2.12. The van der Waals surface area contributed by atoms with Gasteiger partial charge in [0.1, 0.15) is 0 Å². The summed E-state index contributed by atoms with van der Waals surface area (Å²) in [7, 11) is 0. The summed E-state index contributed by atoms with van der Waals surface area (Å²) in [5, 5.41) is 9.36. The van der Waals surface area contributed by atoms with E-state index in [-0.39, 0.29) is 11.9 Å². The second-order valence-electron chi connectivity index (χ2n) is 4.27. The van der Waals surface area contributed by atoms with Crippen LogP contribution >= 0.6 is 0 Å². The zero-order valence-electron chi connectivity index (χ0n) is 10.4. The number of carbonyl (C=O) groups excluding carboxylic acids is 1. The summed E-state index contributed by atoms with van der Waals surface area (Å²) in [6.45, 7) is 3.73. The van der Waals surface area contributed by atoms with E-state index in [1.165, 1.54) is 6.20 Å². The Labute approximate surface area is 105 Å². The quantitative estimate of drug-likeness (QED) is 0.772. The van der Waals surface area contributed by atoms with Crippen molar-refractivity contribution in [2.24, 2.45) is 5.73 Å². The molecule has 0 radical (unpaired) electrons. The first kappa shape index (κ1) is 12.3. The number of benzene rings is 1. The molecule has 1 unspecified atom stereocenters. The van der Waals surface area contributed by atoms with Crippen LogP contribution in [0.25, 0.3) is 0 Å². The van der Waals surface area contributed by atoms with Crippen molar-refractivity contribution in [2.45, 2.75) is 19.9 Å². The van der Waals surface area contributed by atoms with E-state index in [4.69, 9.17) is 5.73 Å². The highest BCUT2D eigenvalue weighted by Gasteiger charge is 2.10. The van der Waals surface area contributed by atoms with Crippen LogP contribution in [0.1, 0.15) is 34.6 Å². The fourth-order valence-corrected chi connectivity index (χ4v) is 1.65. The number of hydrogen-bond donors (Lipinski definition) is 3. The van der Waals surface area contributed by atoms with E-state index in [1.54, 1.807) is 6.92 Å². The maximum absolute atomic E-state index is 11.9. The Balaban J connectivity index is 2.10. The molecule has 2 aromatic rings. The van der Waals surface area contributed by atoms with E-state index in [2.05, 4.69) is 15.5 Å². The summed E-state index contributed by atoms with van der Waals surface area (Å²) in [5.74, 6) is -0.171. The monoisotopic (exact) mass is 244 g/mol. The van der Waals surface area contributed by atoms with Crippen LogP contribution in [-0.2, 0) is 0 Å². The Bertz CT molecular complexity index is 542. The van der Waals surface area contributed by atoms with Crippen molar-refractivity contribution in [2.75, 3.05) is 5.32 Å². The maximum atomic E-state index is 11.9. The highest BCUT2D eigenvalue weighted by molar-refractivity contribution is 6.04. The lowest BCUT2D eigenvalue weighted by molar-refractivity contribution is 0.102. The Morgan fingerprint density at radius 3 is 2.56 bits per heavy atom. The van der Waals surface area contributed by atoms with E-state index < -0.39 is 0 Å². The molecular formula is C13H16N4O. The van der Waals surface area contributed by atoms with Crippen molar-refractivity contribution >= 4 is 11.6 Å². The number of rotatable bonds is 3. The summed E-state index contributed by atoms with van der Waals surface area (Å²) >= 11 is 0. The number of amides is 1. The van der Waals surface area contributed by atoms with Crippen LogP contribution in [0.3, 0.4) is 0 Å². The number of hydrogen-bond acceptors (Lipinski definition) is 3. The van der Waals surface area contributed by atoms with Gasteiger partial charge in [-0.05, 0) is 31.5 Å². The molecule has 0 bridgehead atoms. The van der Waals surface area contributed by atoms with E-state index >= 15 is 0 Å². The number of nitrogens with two attached hydrogens (primary N) is 1. The number of carbonyl (C=O) groups is 1. The Kier molecular flexibility index (Phi) is 3.43. The minimum absolute atomic E-state index is 0.00845. The van der Waals surface area contributed by atoms with Gasteiger partial charge >= 0.3 is 0 Å². The molecule has 4 N–H and O–H groups in total. The van der Waals surface area contributed by atoms with Crippen LogP contribution in [0, 0.1) is 6.92 Å². The van der Waals surface area contributed by atoms with E-state index in [0.29, 0.717) is 5.56 Å². The molecule has 1 atom stereocenters. The van der Waals surface area contributed by atoms with Gasteiger partial charge in [-0.15, -0.1) is 0 Å². The number of nitrogens with one attached hydrogen (secondary N) is 2. The first-order chi connectivity index (χ1) is 8.58. The molecule has 5 heteroatoms. The highest BCUT2D eigenvalue weighted by atomic mass is 16.1. The zero-order valence-corrected chi connectivity index (χ0v) is 10.4. The maximum Gasteiger partial charge on any atom is 0.259 e. The van der Waals surface area contributed by atoms with Crippen molar-refractivity contribution in [1.29, 1.82) is 0 Å². The molecule has 1 heterocycles. The topological polar surface area (TPSA) is 83.8 Å². The molecule has 2 rings (SSSR count). The highest BCUT2D eigenvalue weighted by Crippen LogP contribution is 2.15. The Hall–Kier alpha value is -2.14. The van der Waals surface area contributed by atoms with E-state index in [9.17, 15) is 4.79 Å². The van der Waals surface area contributed by atoms with Gasteiger partial charge in [0.15, 0.2) is 0 Å². The number of anilines is 1. The third-order valence-corrected chi connectivity index (χ3v) is 2.77. The van der Waals surface area contributed by atoms with Crippen molar-refractivity contribution in [3.05, 3.63) is 47.3 Å². The van der Waals surface area contributed by atoms with E-state index in [1.807, 2.05) is 31.2 Å². The SMILES string of the molecule is Cc1[nH]ncc1C(=O)Nc1ccc(C(C)N)cc1. The Morgan fingerprint density at radius 1 is 1.39 bits per heavy atom. The average molecular weight is 244 g/mol. The smallest absolute Gasteiger partial charge is 0.259 e. The molecule has 18 heavy (non-hydrogen) atoms. The minimum Gasteiger partial charge on any atom is -0.324 e. The van der Waals surface area contributed by atoms with Crippen LogP contribution in [0.2, 0.25) is 0 Å². The van der Waals surface area contributed by atoms with Crippen molar-refractivity contribution < 1.29 is 4.79 Å². The normalized spacial score (nSPS) is 12.2. The molecule has 5 nitrogen and oxygen atoms in total. The number of aryl methyl sites for hydroxylation is 1. The van der Waals surface area contributed by atoms with Crippen molar-refractivity contribution in [3.63, 3.8) is 0 Å². The number of nitrogens with zero attached hydrogens (tertiary/aromatic N) is 1. The van der Waals surface area contributed by atoms with Gasteiger partial charge in [-0.2, -0.15) is 5.10 Å². The number of aromatic nitrogens is 2. The molecule has 0 saturated carbocycles. The lowest BCUT2D eigenvalue weighted by atomic mass is 10.1. The molecule has 0 aliphatic rings. The summed E-state index contributed by atoms with van der Waals surface area (Å²) in [5.41, 5.74) is 8.83. The van der Waals surface area contributed by atoms with Crippen LogP contribution in [0.15, 0.2) is 30.5 Å². The molecule has 0 aliphatic carbocycles. The predicted octanol–water partition coefficient (Wildman–Crippen LogP) is 1.99. The molecule has 94 valence electrons. The largest absolute Gasteiger partial charge is 0.324 e. The molecule has 1 aromatic carbocycles. The lowest BCUT2D eigenvalue weighted by Gasteiger charge is -2.08. The summed E-state index contributed by atoms with van der Waals surface area (Å²) in [6, 6.07) is 7.48. The van der Waals surface area contributed by atoms with Gasteiger partial charge in [0.05, 0.1) is 11.8 Å². The average Bonchev–Trinajstić information content (AvgIpc) is 2.76. The number of H-pyrrole nitrogens is 1. The van der Waals surface area contributed by atoms with Crippen LogP contribution in [0.5, 0.6) is 0 Å². The molecule has 0 aliphatic heterocycles. The van der Waals surface area contributed by atoms with Crippen molar-refractivity contribution in [1.82, 2.24) is 10.2 Å². The van der Waals surface area contributed by atoms with Crippen LogP contribution in [0.4, 0.5) is 5.69 Å². The molecule has 1 amide bonds. The van der Waals surface area contributed by atoms with Gasteiger partial charge in [0, 0.05) is 17.4 Å². The summed E-state index contributed by atoms with van der Waals surface area (Å²) in [4.78, 5) is 11.9. The van der Waals surface area contributed by atoms with Gasteiger partial charge in [-0.25, -0.2) is 0 Å². The van der Waals surface area contributed by atoms with Gasteiger partial charge in [0.2, 0.25) is 0 Å². The summed E-state index contributed by atoms with van der Waals surface area (Å²) < 4.78 is 0. The summed E-state index contributed by atoms with van der Waals surface area (Å²) in [6.07, 6.45) is 1.51. The third-order valence-electron chi connectivity index (χ3n) is 2.77. The van der Waals surface area contributed by atoms with Gasteiger partial charge in [0.25, 0.3) is 5.91 Å². The second-order valence-corrected chi connectivity index (χ2v) is 4.27. The molecular weight excluding hydrogens is 228 g/mol. The Morgan fingerprint density at radius 2 is 2.06 bits per heavy atom. The molecule has 0 fully saturated rings. The minimum atomic E-state index is -0.171. The van der Waals surface area contributed by atoms with Gasteiger partial charge in [-0.3, -0.25) is 9.89 Å². The standard InChI is InChI=1S/C13H16N4O/c1-8(14)10-3-5-11(6-4-10)16-13(18)12-7-15-17-9(12)2/h3-8H,14H2,1-2H3,(H,15,17)(H,16,18). The second kappa shape index (κ2) is 5.01. The van der Waals surface area contributed by atoms with Crippen molar-refractivity contribution in [3.8, 4) is 0 Å². The van der Waals surface area contributed by atoms with E-state index in [0.717, 1.165) is 16.9 Å². The fourth-order valence-electron chi connectivity index (χ4n) is 1.65. The number of aromatic amines is 1. The van der Waals surface area contributed by atoms with Gasteiger partial charge < -0.3 is 11.1 Å². The molecule has 0 saturated heterocycles. The first-order valence-electron chi connectivity index (χ1n) is 5.75.